The first-order valence-corrected chi connectivity index (χ1v) is 7.42. The van der Waals surface area contributed by atoms with Crippen LogP contribution in [0.15, 0.2) is 48.5 Å². The lowest BCUT2D eigenvalue weighted by Gasteiger charge is -2.10. The van der Waals surface area contributed by atoms with Crippen molar-refractivity contribution in [1.29, 1.82) is 0 Å². The van der Waals surface area contributed by atoms with E-state index in [-0.39, 0.29) is 18.3 Å². The number of hydrogen-bond acceptors (Lipinski definition) is 3. The predicted octanol–water partition coefficient (Wildman–Crippen LogP) is 3.51. The van der Waals surface area contributed by atoms with Crippen molar-refractivity contribution >= 4 is 40.0 Å². The fourth-order valence-electron chi connectivity index (χ4n) is 1.79. The predicted molar refractivity (Wildman–Crippen MR) is 89.7 cm³/mol. The molecule has 2 aromatic carbocycles. The van der Waals surface area contributed by atoms with Crippen molar-refractivity contribution in [2.45, 2.75) is 6.92 Å². The number of nitrogens with one attached hydrogen (secondary N) is 1. The van der Waals surface area contributed by atoms with Gasteiger partial charge in [-0.3, -0.25) is 9.59 Å². The van der Waals surface area contributed by atoms with Gasteiger partial charge in [0.2, 0.25) is 0 Å². The minimum atomic E-state index is -0.268. The molecule has 1 N–H and O–H groups in total. The third kappa shape index (κ3) is 4.56. The number of amides is 1. The molecule has 0 aliphatic carbocycles. The minimum Gasteiger partial charge on any atom is -0.483 e. The van der Waals surface area contributed by atoms with Gasteiger partial charge in [-0.25, -0.2) is 0 Å². The average molecular weight is 395 g/mol. The molecule has 0 saturated heterocycles. The van der Waals surface area contributed by atoms with E-state index >= 15 is 0 Å². The van der Waals surface area contributed by atoms with E-state index in [4.69, 9.17) is 4.74 Å². The van der Waals surface area contributed by atoms with Gasteiger partial charge in [-0.15, -0.1) is 0 Å². The Hall–Kier alpha value is -1.89. The topological polar surface area (TPSA) is 55.4 Å². The molecule has 0 atom stereocenters. The summed E-state index contributed by atoms with van der Waals surface area (Å²) in [5.74, 6) is 0.0572. The van der Waals surface area contributed by atoms with Crippen LogP contribution in [-0.4, -0.2) is 18.3 Å². The first kappa shape index (κ1) is 15.5. The molecule has 0 fully saturated rings. The molecule has 0 saturated carbocycles. The molecule has 0 aliphatic rings. The van der Waals surface area contributed by atoms with Crippen LogP contribution in [0.2, 0.25) is 0 Å². The molecular formula is C16H14INO3. The van der Waals surface area contributed by atoms with Crippen molar-refractivity contribution in [3.05, 3.63) is 57.7 Å². The van der Waals surface area contributed by atoms with Gasteiger partial charge in [-0.1, -0.05) is 18.2 Å². The molecule has 0 aromatic heterocycles. The van der Waals surface area contributed by atoms with E-state index in [1.165, 1.54) is 6.92 Å². The molecule has 108 valence electrons. The van der Waals surface area contributed by atoms with E-state index in [9.17, 15) is 9.59 Å². The summed E-state index contributed by atoms with van der Waals surface area (Å²) >= 11 is 2.17. The van der Waals surface area contributed by atoms with Gasteiger partial charge < -0.3 is 10.1 Å². The van der Waals surface area contributed by atoms with Crippen LogP contribution in [0, 0.1) is 3.57 Å². The summed E-state index contributed by atoms with van der Waals surface area (Å²) in [4.78, 5) is 23.3. The Bertz CT molecular complexity index is 670. The largest absolute Gasteiger partial charge is 0.483 e. The highest BCUT2D eigenvalue weighted by atomic mass is 127. The van der Waals surface area contributed by atoms with E-state index < -0.39 is 0 Å². The van der Waals surface area contributed by atoms with E-state index in [1.54, 1.807) is 24.3 Å². The van der Waals surface area contributed by atoms with E-state index in [0.29, 0.717) is 11.3 Å². The molecule has 2 rings (SSSR count). The van der Waals surface area contributed by atoms with Crippen molar-refractivity contribution in [2.75, 3.05) is 11.9 Å². The van der Waals surface area contributed by atoms with Crippen LogP contribution in [-0.2, 0) is 4.79 Å². The Morgan fingerprint density at radius 3 is 2.62 bits per heavy atom. The molecular weight excluding hydrogens is 381 g/mol. The van der Waals surface area contributed by atoms with Gasteiger partial charge in [0.15, 0.2) is 12.4 Å². The van der Waals surface area contributed by atoms with Crippen LogP contribution in [0.4, 0.5) is 5.69 Å². The summed E-state index contributed by atoms with van der Waals surface area (Å²) in [5, 5.41) is 2.75. The second-order valence-electron chi connectivity index (χ2n) is 4.40. The number of benzene rings is 2. The Morgan fingerprint density at radius 2 is 1.90 bits per heavy atom. The molecule has 0 unspecified atom stereocenters. The summed E-state index contributed by atoms with van der Waals surface area (Å²) in [7, 11) is 0. The number of halogens is 1. The third-order valence-electron chi connectivity index (χ3n) is 2.73. The number of carbonyl (C=O) groups excluding carboxylic acids is 2. The quantitative estimate of drug-likeness (QED) is 0.623. The van der Waals surface area contributed by atoms with Crippen LogP contribution in [0.1, 0.15) is 17.3 Å². The highest BCUT2D eigenvalue weighted by Crippen LogP contribution is 2.18. The highest BCUT2D eigenvalue weighted by molar-refractivity contribution is 14.1. The van der Waals surface area contributed by atoms with Crippen molar-refractivity contribution in [3.8, 4) is 5.75 Å². The Balaban J connectivity index is 1.97. The SMILES string of the molecule is CC(=O)c1ccccc1OCC(=O)Nc1cccc(I)c1. The highest BCUT2D eigenvalue weighted by Gasteiger charge is 2.09. The second kappa shape index (κ2) is 7.21. The molecule has 4 nitrogen and oxygen atoms in total. The smallest absolute Gasteiger partial charge is 0.262 e. The van der Waals surface area contributed by atoms with Crippen molar-refractivity contribution in [1.82, 2.24) is 0 Å². The van der Waals surface area contributed by atoms with Crippen molar-refractivity contribution in [2.24, 2.45) is 0 Å². The van der Waals surface area contributed by atoms with Crippen LogP contribution in [0.5, 0.6) is 5.75 Å². The zero-order valence-electron chi connectivity index (χ0n) is 11.4. The number of hydrogen-bond donors (Lipinski definition) is 1. The normalized spacial score (nSPS) is 10.0. The first-order valence-electron chi connectivity index (χ1n) is 6.34. The van der Waals surface area contributed by atoms with Crippen LogP contribution in [0.3, 0.4) is 0 Å². The first-order chi connectivity index (χ1) is 10.1. The monoisotopic (exact) mass is 395 g/mol. The van der Waals surface area contributed by atoms with Gasteiger partial charge in [-0.2, -0.15) is 0 Å². The molecule has 0 bridgehead atoms. The second-order valence-corrected chi connectivity index (χ2v) is 5.65. The van der Waals surface area contributed by atoms with Gasteiger partial charge in [0.25, 0.3) is 5.91 Å². The number of ether oxygens (including phenoxy) is 1. The number of para-hydroxylation sites is 1. The van der Waals surface area contributed by atoms with E-state index in [2.05, 4.69) is 27.9 Å². The van der Waals surface area contributed by atoms with Gasteiger partial charge in [0.1, 0.15) is 5.75 Å². The van der Waals surface area contributed by atoms with E-state index in [1.807, 2.05) is 24.3 Å². The lowest BCUT2D eigenvalue weighted by Crippen LogP contribution is -2.20. The molecule has 0 heterocycles. The zero-order chi connectivity index (χ0) is 15.2. The number of Topliss-reactive ketones (excluding diaryl/α,β-unsaturated/α-hetero) is 1. The Morgan fingerprint density at radius 1 is 1.14 bits per heavy atom. The third-order valence-corrected chi connectivity index (χ3v) is 3.40. The summed E-state index contributed by atoms with van der Waals surface area (Å²) in [5.41, 5.74) is 1.19. The minimum absolute atomic E-state index is 0.0939. The van der Waals surface area contributed by atoms with E-state index in [0.717, 1.165) is 9.26 Å². The van der Waals surface area contributed by atoms with Crippen LogP contribution < -0.4 is 10.1 Å². The van der Waals surface area contributed by atoms with Crippen LogP contribution >= 0.6 is 22.6 Å². The Labute approximate surface area is 136 Å². The molecule has 2 aromatic rings. The lowest BCUT2D eigenvalue weighted by atomic mass is 10.1. The maximum atomic E-state index is 11.9. The van der Waals surface area contributed by atoms with Crippen molar-refractivity contribution < 1.29 is 14.3 Å². The zero-order valence-corrected chi connectivity index (χ0v) is 13.6. The number of carbonyl (C=O) groups is 2. The lowest BCUT2D eigenvalue weighted by molar-refractivity contribution is -0.118. The molecule has 0 aliphatic heterocycles. The fourth-order valence-corrected chi connectivity index (χ4v) is 2.33. The number of ketones is 1. The summed E-state index contributed by atoms with van der Waals surface area (Å²) < 4.78 is 6.46. The standard InChI is InChI=1S/C16H14INO3/c1-11(19)14-7-2-3-8-15(14)21-10-16(20)18-13-6-4-5-12(17)9-13/h2-9H,10H2,1H3,(H,18,20). The van der Waals surface area contributed by atoms with Gasteiger partial charge in [-0.05, 0) is 59.8 Å². The van der Waals surface area contributed by atoms with Gasteiger partial charge >= 0.3 is 0 Å². The summed E-state index contributed by atoms with van der Waals surface area (Å²) in [6.07, 6.45) is 0. The van der Waals surface area contributed by atoms with Crippen molar-refractivity contribution in [3.63, 3.8) is 0 Å². The van der Waals surface area contributed by atoms with Gasteiger partial charge in [0, 0.05) is 9.26 Å². The maximum absolute atomic E-state index is 11.9. The molecule has 0 radical (unpaired) electrons. The fraction of sp³-hybridized carbons (Fsp3) is 0.125. The maximum Gasteiger partial charge on any atom is 0.262 e. The summed E-state index contributed by atoms with van der Waals surface area (Å²) in [6, 6.07) is 14.4. The van der Waals surface area contributed by atoms with Crippen LogP contribution in [0.25, 0.3) is 0 Å². The molecule has 21 heavy (non-hydrogen) atoms. The average Bonchev–Trinajstić information content (AvgIpc) is 2.45. The summed E-state index contributed by atoms with van der Waals surface area (Å²) in [6.45, 7) is 1.32. The molecule has 0 spiro atoms. The molecule has 1 amide bonds. The molecule has 5 heteroatoms. The number of rotatable bonds is 5. The van der Waals surface area contributed by atoms with Gasteiger partial charge in [0.05, 0.1) is 5.56 Å². The number of anilines is 1. The Kier molecular flexibility index (Phi) is 5.32.